The maximum Gasteiger partial charge on any atom is 0.306 e. The van der Waals surface area contributed by atoms with E-state index in [1.165, 1.54) is 57.8 Å². The summed E-state index contributed by atoms with van der Waals surface area (Å²) in [6, 6.07) is 0. The van der Waals surface area contributed by atoms with Crippen LogP contribution in [-0.2, 0) is 19.1 Å². The van der Waals surface area contributed by atoms with E-state index in [2.05, 4.69) is 20.8 Å². The minimum absolute atomic E-state index is 0.0280. The molecule has 0 N–H and O–H groups in total. The third kappa shape index (κ3) is 24.1. The summed E-state index contributed by atoms with van der Waals surface area (Å²) in [5.41, 5.74) is 0. The normalized spacial score (nSPS) is 12.0. The fourth-order valence-electron chi connectivity index (χ4n) is 4.35. The molecule has 0 amide bonds. The predicted octanol–water partition coefficient (Wildman–Crippen LogP) is 9.47. The van der Waals surface area contributed by atoms with E-state index < -0.39 is 0 Å². The van der Waals surface area contributed by atoms with E-state index in [4.69, 9.17) is 9.47 Å². The van der Waals surface area contributed by atoms with Gasteiger partial charge >= 0.3 is 11.9 Å². The average molecular weight is 483 g/mol. The number of hydrogen-bond acceptors (Lipinski definition) is 4. The maximum absolute atomic E-state index is 12.0. The van der Waals surface area contributed by atoms with E-state index in [9.17, 15) is 9.59 Å². The third-order valence-corrected chi connectivity index (χ3v) is 6.56. The van der Waals surface area contributed by atoms with E-state index >= 15 is 0 Å². The van der Waals surface area contributed by atoms with Crippen molar-refractivity contribution in [2.45, 2.75) is 175 Å². The molecule has 0 aromatic rings. The van der Waals surface area contributed by atoms with E-state index in [1.807, 2.05) is 0 Å². The first-order valence-corrected chi connectivity index (χ1v) is 15.0. The van der Waals surface area contributed by atoms with Crippen molar-refractivity contribution in [1.82, 2.24) is 0 Å². The molecular formula is C30H58O4. The van der Waals surface area contributed by atoms with E-state index in [0.717, 1.165) is 77.0 Å². The summed E-state index contributed by atoms with van der Waals surface area (Å²) in [5.74, 6) is -0.0666. The Morgan fingerprint density at radius 2 is 0.971 bits per heavy atom. The van der Waals surface area contributed by atoms with Crippen LogP contribution in [0.4, 0.5) is 0 Å². The van der Waals surface area contributed by atoms with Crippen molar-refractivity contribution in [3.05, 3.63) is 0 Å². The van der Waals surface area contributed by atoms with Crippen LogP contribution in [0.3, 0.4) is 0 Å². The number of carbonyl (C=O) groups is 2. The molecule has 0 aliphatic heterocycles. The molecule has 4 nitrogen and oxygen atoms in total. The maximum atomic E-state index is 12.0. The lowest BCUT2D eigenvalue weighted by Gasteiger charge is -2.17. The minimum Gasteiger partial charge on any atom is -0.466 e. The zero-order valence-electron chi connectivity index (χ0n) is 23.2. The van der Waals surface area contributed by atoms with Crippen LogP contribution in [-0.4, -0.2) is 24.6 Å². The van der Waals surface area contributed by atoms with Gasteiger partial charge in [-0.05, 0) is 32.1 Å². The second kappa shape index (κ2) is 26.5. The van der Waals surface area contributed by atoms with Crippen LogP contribution in [0.2, 0.25) is 0 Å². The lowest BCUT2D eigenvalue weighted by atomic mass is 10.1. The molecule has 0 saturated heterocycles. The Morgan fingerprint density at radius 3 is 1.50 bits per heavy atom. The van der Waals surface area contributed by atoms with Crippen molar-refractivity contribution in [2.24, 2.45) is 0 Å². The Balaban J connectivity index is 3.42. The van der Waals surface area contributed by atoms with Crippen molar-refractivity contribution in [2.75, 3.05) is 6.61 Å². The molecule has 0 bridgehead atoms. The molecule has 0 aromatic carbocycles. The Morgan fingerprint density at radius 1 is 0.500 bits per heavy atom. The van der Waals surface area contributed by atoms with Gasteiger partial charge in [0, 0.05) is 12.8 Å². The second-order valence-electron chi connectivity index (χ2n) is 10.1. The number of ether oxygens (including phenoxy) is 2. The predicted molar refractivity (Wildman–Crippen MR) is 144 cm³/mol. The molecular weight excluding hydrogens is 424 g/mol. The summed E-state index contributed by atoms with van der Waals surface area (Å²) in [5, 5.41) is 0. The molecule has 202 valence electrons. The molecule has 0 fully saturated rings. The van der Waals surface area contributed by atoms with Gasteiger partial charge in [0.25, 0.3) is 0 Å². The largest absolute Gasteiger partial charge is 0.466 e. The Hall–Kier alpha value is -1.06. The van der Waals surface area contributed by atoms with Crippen LogP contribution < -0.4 is 0 Å². The zero-order chi connectivity index (χ0) is 25.1. The molecule has 0 aromatic heterocycles. The summed E-state index contributed by atoms with van der Waals surface area (Å²) in [7, 11) is 0. The van der Waals surface area contributed by atoms with E-state index in [-0.39, 0.29) is 18.0 Å². The van der Waals surface area contributed by atoms with Crippen LogP contribution in [0.15, 0.2) is 0 Å². The first-order chi connectivity index (χ1) is 16.6. The summed E-state index contributed by atoms with van der Waals surface area (Å²) in [6.07, 6.45) is 25.7. The summed E-state index contributed by atoms with van der Waals surface area (Å²) in [4.78, 5) is 23.9. The molecule has 0 spiro atoms. The van der Waals surface area contributed by atoms with Crippen LogP contribution >= 0.6 is 0 Å². The molecule has 0 aliphatic rings. The Labute approximate surface area is 212 Å². The number of esters is 2. The average Bonchev–Trinajstić information content (AvgIpc) is 2.82. The smallest absolute Gasteiger partial charge is 0.306 e. The van der Waals surface area contributed by atoms with Gasteiger partial charge in [-0.15, -0.1) is 0 Å². The molecule has 4 heteroatoms. The van der Waals surface area contributed by atoms with Crippen molar-refractivity contribution in [1.29, 1.82) is 0 Å². The minimum atomic E-state index is -0.0385. The highest BCUT2D eigenvalue weighted by atomic mass is 16.5. The molecule has 0 radical (unpaired) electrons. The summed E-state index contributed by atoms with van der Waals surface area (Å²) < 4.78 is 11.0. The molecule has 1 atom stereocenters. The van der Waals surface area contributed by atoms with Gasteiger partial charge in [-0.3, -0.25) is 9.59 Å². The van der Waals surface area contributed by atoms with Gasteiger partial charge in [-0.25, -0.2) is 0 Å². The van der Waals surface area contributed by atoms with Gasteiger partial charge in [-0.1, -0.05) is 124 Å². The molecule has 0 heterocycles. The van der Waals surface area contributed by atoms with Gasteiger partial charge in [0.2, 0.25) is 0 Å². The van der Waals surface area contributed by atoms with E-state index in [0.29, 0.717) is 19.4 Å². The number of carbonyl (C=O) groups excluding carboxylic acids is 2. The van der Waals surface area contributed by atoms with Crippen LogP contribution in [0.5, 0.6) is 0 Å². The lowest BCUT2D eigenvalue weighted by molar-refractivity contribution is -0.150. The van der Waals surface area contributed by atoms with Crippen molar-refractivity contribution < 1.29 is 19.1 Å². The molecule has 34 heavy (non-hydrogen) atoms. The standard InChI is InChI=1S/C30H58O4/c1-4-7-9-10-11-12-13-16-19-22-27-33-29(31)25-20-17-14-15-18-21-26-30(32)34-28(23-6-3)24-8-5-2/h28H,4-27H2,1-3H3. The summed E-state index contributed by atoms with van der Waals surface area (Å²) in [6.45, 7) is 7.16. The highest BCUT2D eigenvalue weighted by molar-refractivity contribution is 5.69. The molecule has 0 aliphatic carbocycles. The molecule has 0 rings (SSSR count). The van der Waals surface area contributed by atoms with Gasteiger partial charge in [-0.2, -0.15) is 0 Å². The topological polar surface area (TPSA) is 52.6 Å². The van der Waals surface area contributed by atoms with Crippen LogP contribution in [0, 0.1) is 0 Å². The number of unbranched alkanes of at least 4 members (excludes halogenated alkanes) is 15. The Bertz CT molecular complexity index is 449. The highest BCUT2D eigenvalue weighted by Gasteiger charge is 2.13. The van der Waals surface area contributed by atoms with Gasteiger partial charge in [0.05, 0.1) is 6.61 Å². The zero-order valence-corrected chi connectivity index (χ0v) is 23.2. The van der Waals surface area contributed by atoms with Crippen molar-refractivity contribution >= 4 is 11.9 Å². The first kappa shape index (κ1) is 32.9. The SMILES string of the molecule is CCCCCCCCCCCCOC(=O)CCCCCCCCC(=O)OC(CCC)CCCC. The third-order valence-electron chi connectivity index (χ3n) is 6.56. The second-order valence-corrected chi connectivity index (χ2v) is 10.1. The summed E-state index contributed by atoms with van der Waals surface area (Å²) >= 11 is 0. The van der Waals surface area contributed by atoms with Gasteiger partial charge in [0.1, 0.15) is 6.10 Å². The Kier molecular flexibility index (Phi) is 25.7. The van der Waals surface area contributed by atoms with Crippen LogP contribution in [0.25, 0.3) is 0 Å². The quantitative estimate of drug-likeness (QED) is 0.0909. The molecule has 1 unspecified atom stereocenters. The highest BCUT2D eigenvalue weighted by Crippen LogP contribution is 2.15. The molecule has 0 saturated carbocycles. The first-order valence-electron chi connectivity index (χ1n) is 15.0. The monoisotopic (exact) mass is 482 g/mol. The van der Waals surface area contributed by atoms with Crippen molar-refractivity contribution in [3.8, 4) is 0 Å². The van der Waals surface area contributed by atoms with E-state index in [1.54, 1.807) is 0 Å². The van der Waals surface area contributed by atoms with Gasteiger partial charge in [0.15, 0.2) is 0 Å². The van der Waals surface area contributed by atoms with Crippen molar-refractivity contribution in [3.63, 3.8) is 0 Å². The van der Waals surface area contributed by atoms with Gasteiger partial charge < -0.3 is 9.47 Å². The fraction of sp³-hybridized carbons (Fsp3) is 0.933. The number of hydrogen-bond donors (Lipinski definition) is 0. The number of rotatable bonds is 26. The van der Waals surface area contributed by atoms with Crippen LogP contribution in [0.1, 0.15) is 168 Å². The lowest BCUT2D eigenvalue weighted by Crippen LogP contribution is -2.18. The fourth-order valence-corrected chi connectivity index (χ4v) is 4.35.